The maximum Gasteiger partial charge on any atom is 0.211 e. The zero-order valence-electron chi connectivity index (χ0n) is 6.08. The molecular formula is C8H6ClNO2. The van der Waals surface area contributed by atoms with Crippen molar-refractivity contribution in [1.82, 2.24) is 0 Å². The molecule has 0 aliphatic carbocycles. The molecule has 0 unspecified atom stereocenters. The van der Waals surface area contributed by atoms with Gasteiger partial charge in [-0.3, -0.25) is 9.59 Å². The summed E-state index contributed by atoms with van der Waals surface area (Å²) in [6, 6.07) is 4.65. The predicted octanol–water partition coefficient (Wildman–Crippen LogP) is 1.72. The van der Waals surface area contributed by atoms with Crippen molar-refractivity contribution < 1.29 is 9.59 Å². The van der Waals surface area contributed by atoms with Crippen molar-refractivity contribution in [3.8, 4) is 0 Å². The van der Waals surface area contributed by atoms with Crippen LogP contribution in [-0.2, 0) is 4.79 Å². The first-order valence-electron chi connectivity index (χ1n) is 3.23. The van der Waals surface area contributed by atoms with Gasteiger partial charge in [-0.05, 0) is 18.2 Å². The number of rotatable bonds is 3. The number of benzene rings is 1. The molecule has 0 saturated carbocycles. The largest absolute Gasteiger partial charge is 0.328 e. The van der Waals surface area contributed by atoms with Crippen LogP contribution in [0.1, 0.15) is 10.4 Å². The fourth-order valence-corrected chi connectivity index (χ4v) is 1.01. The minimum Gasteiger partial charge on any atom is -0.328 e. The number of carbonyl (C=O) groups is 2. The Morgan fingerprint density at radius 3 is 2.67 bits per heavy atom. The SMILES string of the molecule is O=CNc1ccc(Cl)cc1C=O. The fraction of sp³-hybridized carbons (Fsp3) is 0. The van der Waals surface area contributed by atoms with Gasteiger partial charge in [-0.15, -0.1) is 0 Å². The number of hydrogen-bond donors (Lipinski definition) is 1. The molecule has 0 aliphatic heterocycles. The van der Waals surface area contributed by atoms with Gasteiger partial charge in [0, 0.05) is 10.6 Å². The Hall–Kier alpha value is -1.35. The average molecular weight is 184 g/mol. The van der Waals surface area contributed by atoms with E-state index in [1.165, 1.54) is 6.07 Å². The molecule has 0 saturated heterocycles. The van der Waals surface area contributed by atoms with Crippen LogP contribution in [0, 0.1) is 0 Å². The van der Waals surface area contributed by atoms with Gasteiger partial charge in [-0.2, -0.15) is 0 Å². The molecule has 0 aliphatic rings. The number of amides is 1. The highest BCUT2D eigenvalue weighted by Crippen LogP contribution is 2.18. The summed E-state index contributed by atoms with van der Waals surface area (Å²) >= 11 is 5.62. The van der Waals surface area contributed by atoms with E-state index in [0.717, 1.165) is 0 Å². The molecule has 1 rings (SSSR count). The van der Waals surface area contributed by atoms with E-state index >= 15 is 0 Å². The van der Waals surface area contributed by atoms with E-state index in [1.54, 1.807) is 12.1 Å². The maximum atomic E-state index is 10.4. The summed E-state index contributed by atoms with van der Waals surface area (Å²) in [5.74, 6) is 0. The molecule has 3 nitrogen and oxygen atoms in total. The Morgan fingerprint density at radius 1 is 1.33 bits per heavy atom. The first kappa shape index (κ1) is 8.74. The van der Waals surface area contributed by atoms with Gasteiger partial charge in [0.1, 0.15) is 0 Å². The van der Waals surface area contributed by atoms with Crippen molar-refractivity contribution in [3.63, 3.8) is 0 Å². The van der Waals surface area contributed by atoms with Crippen LogP contribution in [0.2, 0.25) is 5.02 Å². The number of halogens is 1. The molecule has 1 N–H and O–H groups in total. The van der Waals surface area contributed by atoms with E-state index in [0.29, 0.717) is 29.0 Å². The zero-order chi connectivity index (χ0) is 8.97. The second-order valence-electron chi connectivity index (χ2n) is 2.11. The Morgan fingerprint density at radius 2 is 2.08 bits per heavy atom. The highest BCUT2D eigenvalue weighted by molar-refractivity contribution is 6.31. The third-order valence-corrected chi connectivity index (χ3v) is 1.59. The van der Waals surface area contributed by atoms with E-state index < -0.39 is 0 Å². The van der Waals surface area contributed by atoms with Gasteiger partial charge in [-0.25, -0.2) is 0 Å². The molecule has 1 aromatic carbocycles. The molecule has 0 spiro atoms. The Balaban J connectivity index is 3.10. The first-order chi connectivity index (χ1) is 5.77. The van der Waals surface area contributed by atoms with Gasteiger partial charge < -0.3 is 5.32 Å². The van der Waals surface area contributed by atoms with Gasteiger partial charge in [-0.1, -0.05) is 11.6 Å². The third kappa shape index (κ3) is 1.83. The summed E-state index contributed by atoms with van der Waals surface area (Å²) in [6.07, 6.45) is 1.15. The number of aldehydes is 1. The fourth-order valence-electron chi connectivity index (χ4n) is 0.826. The zero-order valence-corrected chi connectivity index (χ0v) is 6.84. The van der Waals surface area contributed by atoms with Crippen LogP contribution < -0.4 is 5.32 Å². The van der Waals surface area contributed by atoms with E-state index in [2.05, 4.69) is 5.32 Å². The van der Waals surface area contributed by atoms with Gasteiger partial charge in [0.2, 0.25) is 6.41 Å². The lowest BCUT2D eigenvalue weighted by atomic mass is 10.2. The van der Waals surface area contributed by atoms with Gasteiger partial charge in [0.15, 0.2) is 6.29 Å². The summed E-state index contributed by atoms with van der Waals surface area (Å²) in [5.41, 5.74) is 0.832. The van der Waals surface area contributed by atoms with Gasteiger partial charge in [0.25, 0.3) is 0 Å². The van der Waals surface area contributed by atoms with Gasteiger partial charge >= 0.3 is 0 Å². The number of hydrogen-bond acceptors (Lipinski definition) is 2. The molecule has 0 bridgehead atoms. The number of anilines is 1. The van der Waals surface area contributed by atoms with E-state index in [-0.39, 0.29) is 0 Å². The smallest absolute Gasteiger partial charge is 0.211 e. The summed E-state index contributed by atoms with van der Waals surface area (Å²) in [5, 5.41) is 2.85. The van der Waals surface area contributed by atoms with Crippen molar-refractivity contribution in [2.45, 2.75) is 0 Å². The lowest BCUT2D eigenvalue weighted by Gasteiger charge is -2.01. The Kier molecular flexibility index (Phi) is 2.82. The summed E-state index contributed by atoms with van der Waals surface area (Å²) in [7, 11) is 0. The quantitative estimate of drug-likeness (QED) is 0.726. The predicted molar refractivity (Wildman–Crippen MR) is 46.5 cm³/mol. The molecule has 62 valence electrons. The highest BCUT2D eigenvalue weighted by Gasteiger charge is 2.00. The third-order valence-electron chi connectivity index (χ3n) is 1.36. The molecule has 0 radical (unpaired) electrons. The topological polar surface area (TPSA) is 46.2 Å². The van der Waals surface area contributed by atoms with E-state index in [4.69, 9.17) is 11.6 Å². The van der Waals surface area contributed by atoms with Crippen molar-refractivity contribution in [1.29, 1.82) is 0 Å². The first-order valence-corrected chi connectivity index (χ1v) is 3.60. The van der Waals surface area contributed by atoms with Crippen molar-refractivity contribution >= 4 is 30.0 Å². The minimum absolute atomic E-state index is 0.370. The van der Waals surface area contributed by atoms with E-state index in [9.17, 15) is 9.59 Å². The average Bonchev–Trinajstić information content (AvgIpc) is 2.08. The van der Waals surface area contributed by atoms with Crippen LogP contribution in [0.15, 0.2) is 18.2 Å². The van der Waals surface area contributed by atoms with Crippen LogP contribution in [0.25, 0.3) is 0 Å². The molecule has 12 heavy (non-hydrogen) atoms. The number of carbonyl (C=O) groups excluding carboxylic acids is 2. The lowest BCUT2D eigenvalue weighted by Crippen LogP contribution is -1.97. The number of nitrogens with one attached hydrogen (secondary N) is 1. The second-order valence-corrected chi connectivity index (χ2v) is 2.55. The molecule has 1 amide bonds. The molecule has 0 aromatic heterocycles. The van der Waals surface area contributed by atoms with Crippen molar-refractivity contribution in [2.75, 3.05) is 5.32 Å². The normalized spacial score (nSPS) is 9.08. The van der Waals surface area contributed by atoms with Crippen LogP contribution >= 0.6 is 11.6 Å². The standard InChI is InChI=1S/C8H6ClNO2/c9-7-1-2-8(10-5-12)6(3-7)4-11/h1-5H,(H,10,12). The van der Waals surface area contributed by atoms with Crippen LogP contribution in [0.5, 0.6) is 0 Å². The Labute approximate surface area is 74.3 Å². The molecule has 0 atom stereocenters. The van der Waals surface area contributed by atoms with E-state index in [1.807, 2.05) is 0 Å². The monoisotopic (exact) mass is 183 g/mol. The summed E-state index contributed by atoms with van der Waals surface area (Å²) < 4.78 is 0. The van der Waals surface area contributed by atoms with Crippen molar-refractivity contribution in [3.05, 3.63) is 28.8 Å². The molecule has 4 heteroatoms. The van der Waals surface area contributed by atoms with Crippen LogP contribution in [0.3, 0.4) is 0 Å². The lowest BCUT2D eigenvalue weighted by molar-refractivity contribution is -0.105. The molecule has 1 aromatic rings. The highest BCUT2D eigenvalue weighted by atomic mass is 35.5. The van der Waals surface area contributed by atoms with Gasteiger partial charge in [0.05, 0.1) is 5.69 Å². The van der Waals surface area contributed by atoms with Crippen molar-refractivity contribution in [2.24, 2.45) is 0 Å². The molecule has 0 fully saturated rings. The Bertz CT molecular complexity index is 312. The van der Waals surface area contributed by atoms with Crippen LogP contribution in [-0.4, -0.2) is 12.7 Å². The summed E-state index contributed by atoms with van der Waals surface area (Å²) in [6.45, 7) is 0. The minimum atomic E-state index is 0.370. The molecular weight excluding hydrogens is 178 g/mol. The maximum absolute atomic E-state index is 10.4. The summed E-state index contributed by atoms with van der Waals surface area (Å²) in [4.78, 5) is 20.5. The molecule has 0 heterocycles. The second kappa shape index (κ2) is 3.88. The van der Waals surface area contributed by atoms with Crippen LogP contribution in [0.4, 0.5) is 5.69 Å².